The van der Waals surface area contributed by atoms with Crippen molar-refractivity contribution in [3.8, 4) is 0 Å². The molecule has 3 aromatic rings. The van der Waals surface area contributed by atoms with E-state index in [2.05, 4.69) is 10.3 Å². The van der Waals surface area contributed by atoms with Crippen molar-refractivity contribution in [2.24, 2.45) is 11.1 Å². The maximum Gasteiger partial charge on any atom is 0.416 e. The summed E-state index contributed by atoms with van der Waals surface area (Å²) in [6, 6.07) is 7.52. The van der Waals surface area contributed by atoms with Gasteiger partial charge in [-0.05, 0) is 68.1 Å². The molecule has 0 atom stereocenters. The summed E-state index contributed by atoms with van der Waals surface area (Å²) in [5.74, 6) is -2.84. The molecule has 3 N–H and O–H groups in total. The van der Waals surface area contributed by atoms with Crippen LogP contribution < -0.4 is 16.0 Å². The molecule has 198 valence electrons. The number of anilines is 3. The molecule has 13 heteroatoms. The van der Waals surface area contributed by atoms with Gasteiger partial charge in [0.2, 0.25) is 11.8 Å². The molecule has 5 rings (SSSR count). The van der Waals surface area contributed by atoms with Crippen LogP contribution in [0.3, 0.4) is 0 Å². The third-order valence-corrected chi connectivity index (χ3v) is 7.85. The lowest BCUT2D eigenvalue weighted by Gasteiger charge is -2.23. The highest BCUT2D eigenvalue weighted by molar-refractivity contribution is 7.18. The number of thiazole rings is 1. The molecule has 0 bridgehead atoms. The van der Waals surface area contributed by atoms with Crippen LogP contribution in [0.5, 0.6) is 0 Å². The Balaban J connectivity index is 1.54. The van der Waals surface area contributed by atoms with Gasteiger partial charge in [-0.3, -0.25) is 19.3 Å². The second-order valence-corrected chi connectivity index (χ2v) is 10.6. The Bertz CT molecular complexity index is 1450. The molecule has 1 heterocycles. The molecule has 3 amide bonds. The molecule has 2 aliphatic carbocycles. The molecule has 0 saturated heterocycles. The van der Waals surface area contributed by atoms with Crippen LogP contribution in [-0.2, 0) is 15.8 Å². The summed E-state index contributed by atoms with van der Waals surface area (Å²) in [5.41, 5.74) is 3.44. The van der Waals surface area contributed by atoms with Gasteiger partial charge in [0.15, 0.2) is 5.13 Å². The van der Waals surface area contributed by atoms with E-state index in [9.17, 15) is 31.9 Å². The van der Waals surface area contributed by atoms with Crippen LogP contribution in [-0.4, -0.2) is 22.7 Å². The molecule has 0 radical (unpaired) electrons. The number of primary amides is 1. The number of carbonyl (C=O) groups is 3. The van der Waals surface area contributed by atoms with E-state index in [0.717, 1.165) is 59.4 Å². The summed E-state index contributed by atoms with van der Waals surface area (Å²) in [6.07, 6.45) is -2.72. The van der Waals surface area contributed by atoms with Crippen LogP contribution in [0.2, 0.25) is 5.02 Å². The van der Waals surface area contributed by atoms with Gasteiger partial charge in [0.25, 0.3) is 5.91 Å². The van der Waals surface area contributed by atoms with Crippen molar-refractivity contribution >= 4 is 57.2 Å². The summed E-state index contributed by atoms with van der Waals surface area (Å²) < 4.78 is 53.2. The van der Waals surface area contributed by atoms with Crippen molar-refractivity contribution in [2.75, 3.05) is 10.2 Å². The molecule has 0 aliphatic heterocycles. The lowest BCUT2D eigenvalue weighted by Crippen LogP contribution is -2.41. The highest BCUT2D eigenvalue weighted by atomic mass is 35.5. The lowest BCUT2D eigenvalue weighted by molar-refractivity contribution is -0.137. The average Bonchev–Trinajstić information content (AvgIpc) is 3.78. The predicted molar refractivity (Wildman–Crippen MR) is 133 cm³/mol. The van der Waals surface area contributed by atoms with Crippen LogP contribution in [0.4, 0.5) is 34.1 Å². The van der Waals surface area contributed by atoms with E-state index in [-0.39, 0.29) is 45.2 Å². The second-order valence-electron chi connectivity index (χ2n) is 9.19. The van der Waals surface area contributed by atoms with Gasteiger partial charge in [0, 0.05) is 5.92 Å². The van der Waals surface area contributed by atoms with E-state index >= 15 is 0 Å². The average molecular weight is 567 g/mol. The third-order valence-electron chi connectivity index (χ3n) is 6.46. The monoisotopic (exact) mass is 566 g/mol. The SMILES string of the molecule is NC(=O)C1(C(=O)N(c2ccc(F)cc2)c2nc(C3CC3)c(C(=O)Nc3cc(C(F)(F)F)ccc3Cl)s2)CC1. The number of nitrogens with zero attached hydrogens (tertiary/aromatic N) is 2. The van der Waals surface area contributed by atoms with Crippen molar-refractivity contribution in [3.05, 3.63) is 69.4 Å². The minimum absolute atomic E-state index is 0.0522. The summed E-state index contributed by atoms with van der Waals surface area (Å²) in [4.78, 5) is 44.7. The largest absolute Gasteiger partial charge is 0.416 e. The minimum atomic E-state index is -4.64. The molecule has 1 aromatic heterocycles. The van der Waals surface area contributed by atoms with Gasteiger partial charge in [-0.25, -0.2) is 9.37 Å². The third kappa shape index (κ3) is 4.85. The van der Waals surface area contributed by atoms with Gasteiger partial charge in [-0.1, -0.05) is 22.9 Å². The second kappa shape index (κ2) is 9.35. The zero-order valence-electron chi connectivity index (χ0n) is 19.4. The quantitative estimate of drug-likeness (QED) is 0.270. The zero-order valence-corrected chi connectivity index (χ0v) is 21.0. The first-order valence-corrected chi connectivity index (χ1v) is 12.7. The Kier molecular flexibility index (Phi) is 6.42. The number of nitrogens with one attached hydrogen (secondary N) is 1. The molecule has 2 saturated carbocycles. The highest BCUT2D eigenvalue weighted by Crippen LogP contribution is 2.51. The molecule has 7 nitrogen and oxygen atoms in total. The standard InChI is InChI=1S/C25H19ClF4N4O3S/c26-16-8-3-13(25(28,29)30)11-17(16)32-20(35)19-18(12-1-2-12)33-23(38-19)34(15-6-4-14(27)5-7-15)22(37)24(9-10-24)21(31)36/h3-8,11-12H,1-2,9-10H2,(H2,31,36)(H,32,35). The number of hydrogen-bond acceptors (Lipinski definition) is 5. The molecule has 2 aliphatic rings. The minimum Gasteiger partial charge on any atom is -0.369 e. The van der Waals surface area contributed by atoms with Gasteiger partial charge in [0.1, 0.15) is 16.1 Å². The number of benzene rings is 2. The first kappa shape index (κ1) is 26.1. The van der Waals surface area contributed by atoms with Gasteiger partial charge in [0.05, 0.1) is 27.7 Å². The predicted octanol–water partition coefficient (Wildman–Crippen LogP) is 6.01. The van der Waals surface area contributed by atoms with Gasteiger partial charge in [-0.15, -0.1) is 0 Å². The Morgan fingerprint density at radius 2 is 1.76 bits per heavy atom. The number of alkyl halides is 3. The number of amides is 3. The molecule has 0 unspecified atom stereocenters. The van der Waals surface area contributed by atoms with E-state index in [4.69, 9.17) is 17.3 Å². The molecule has 2 fully saturated rings. The number of rotatable bonds is 7. The van der Waals surface area contributed by atoms with E-state index in [0.29, 0.717) is 5.69 Å². The Hall–Kier alpha value is -3.51. The summed E-state index contributed by atoms with van der Waals surface area (Å²) >= 11 is 6.88. The molecular weight excluding hydrogens is 548 g/mol. The van der Waals surface area contributed by atoms with Crippen LogP contribution in [0.1, 0.15) is 52.5 Å². The molecule has 0 spiro atoms. The first-order chi connectivity index (χ1) is 17.9. The lowest BCUT2D eigenvalue weighted by atomic mass is 10.0. The maximum atomic E-state index is 13.6. The van der Waals surface area contributed by atoms with Crippen LogP contribution in [0, 0.1) is 11.2 Å². The summed E-state index contributed by atoms with van der Waals surface area (Å²) in [6.45, 7) is 0. The fourth-order valence-corrected chi connectivity index (χ4v) is 5.23. The number of carbonyl (C=O) groups excluding carboxylic acids is 3. The first-order valence-electron chi connectivity index (χ1n) is 11.5. The van der Waals surface area contributed by atoms with E-state index in [1.165, 1.54) is 12.1 Å². The van der Waals surface area contributed by atoms with Gasteiger partial charge in [-0.2, -0.15) is 13.2 Å². The van der Waals surface area contributed by atoms with Crippen molar-refractivity contribution < 1.29 is 31.9 Å². The van der Waals surface area contributed by atoms with Crippen molar-refractivity contribution in [3.63, 3.8) is 0 Å². The maximum absolute atomic E-state index is 13.6. The summed E-state index contributed by atoms with van der Waals surface area (Å²) in [5, 5.41) is 2.38. The van der Waals surface area contributed by atoms with E-state index < -0.39 is 40.7 Å². The highest BCUT2D eigenvalue weighted by Gasteiger charge is 2.58. The Labute approximate surface area is 222 Å². The Morgan fingerprint density at radius 3 is 2.32 bits per heavy atom. The zero-order chi connectivity index (χ0) is 27.4. The fourth-order valence-electron chi connectivity index (χ4n) is 4.00. The van der Waals surface area contributed by atoms with Crippen LogP contribution >= 0.6 is 22.9 Å². The fraction of sp³-hybridized carbons (Fsp3) is 0.280. The number of halogens is 5. The molecule has 2 aromatic carbocycles. The molecular formula is C25H19ClF4N4O3S. The number of hydrogen-bond donors (Lipinski definition) is 2. The van der Waals surface area contributed by atoms with Crippen LogP contribution in [0.15, 0.2) is 42.5 Å². The topological polar surface area (TPSA) is 105 Å². The van der Waals surface area contributed by atoms with Crippen molar-refractivity contribution in [1.29, 1.82) is 0 Å². The molecule has 38 heavy (non-hydrogen) atoms. The van der Waals surface area contributed by atoms with Gasteiger partial charge < -0.3 is 11.1 Å². The summed E-state index contributed by atoms with van der Waals surface area (Å²) in [7, 11) is 0. The van der Waals surface area contributed by atoms with Crippen molar-refractivity contribution in [2.45, 2.75) is 37.8 Å². The normalized spacial score (nSPS) is 16.1. The van der Waals surface area contributed by atoms with Gasteiger partial charge >= 0.3 is 6.18 Å². The smallest absolute Gasteiger partial charge is 0.369 e. The van der Waals surface area contributed by atoms with Crippen molar-refractivity contribution in [1.82, 2.24) is 4.98 Å². The number of aromatic nitrogens is 1. The van der Waals surface area contributed by atoms with E-state index in [1.807, 2.05) is 0 Å². The Morgan fingerprint density at radius 1 is 1.11 bits per heavy atom. The van der Waals surface area contributed by atoms with Crippen LogP contribution in [0.25, 0.3) is 0 Å². The number of nitrogens with two attached hydrogens (primary N) is 1. The van der Waals surface area contributed by atoms with E-state index in [1.54, 1.807) is 0 Å².